The fourth-order valence-electron chi connectivity index (χ4n) is 8.35. The third-order valence-corrected chi connectivity index (χ3v) is 13.9. The molecule has 0 saturated heterocycles. The molecule has 0 fully saturated rings. The molecule has 7 rings (SSSR count). The van der Waals surface area contributed by atoms with Gasteiger partial charge in [0.1, 0.15) is 18.2 Å². The van der Waals surface area contributed by atoms with E-state index in [1.54, 1.807) is 6.07 Å². The SMILES string of the molecule is COC(=O)c1ccc2c(c1)c(N1C[C@@H](C)n3c(c(CCCOc4cc(C)c(Cl)c(C)c4)c4ccc(Cl)c(-c5c(C)nn(COCC[Si](C)(C)C)c5C)c43)C1=O)cn2C. The number of rotatable bonds is 13. The molecule has 0 saturated carbocycles. The van der Waals surface area contributed by atoms with Crippen molar-refractivity contribution >= 4 is 70.6 Å². The fourth-order valence-corrected chi connectivity index (χ4v) is 9.46. The van der Waals surface area contributed by atoms with E-state index in [9.17, 15) is 4.79 Å². The van der Waals surface area contributed by atoms with Gasteiger partial charge in [0, 0.05) is 78.6 Å². The number of benzene rings is 3. The maximum Gasteiger partial charge on any atom is 0.337 e. The van der Waals surface area contributed by atoms with Gasteiger partial charge in [-0.15, -0.1) is 0 Å². The molecule has 1 aliphatic heterocycles. The largest absolute Gasteiger partial charge is 0.494 e. The zero-order valence-corrected chi connectivity index (χ0v) is 37.7. The summed E-state index contributed by atoms with van der Waals surface area (Å²) in [5, 5.41) is 8.04. The fraction of sp³-hybridized carbons (Fsp3) is 0.400. The summed E-state index contributed by atoms with van der Waals surface area (Å²) in [6, 6.07) is 14.3. The van der Waals surface area contributed by atoms with E-state index in [1.807, 2.05) is 84.6 Å². The zero-order chi connectivity index (χ0) is 41.8. The highest BCUT2D eigenvalue weighted by atomic mass is 35.5. The first-order valence-corrected chi connectivity index (χ1v) is 24.3. The number of anilines is 1. The lowest BCUT2D eigenvalue weighted by Gasteiger charge is -2.34. The number of methoxy groups -OCH3 is 1. The third-order valence-electron chi connectivity index (χ3n) is 11.3. The summed E-state index contributed by atoms with van der Waals surface area (Å²) in [6.07, 6.45) is 3.21. The quantitative estimate of drug-likeness (QED) is 0.0653. The normalized spacial score (nSPS) is 14.5. The van der Waals surface area contributed by atoms with Crippen LogP contribution in [0.5, 0.6) is 5.75 Å². The minimum Gasteiger partial charge on any atom is -0.494 e. The summed E-state index contributed by atoms with van der Waals surface area (Å²) >= 11 is 13.7. The Balaban J connectivity index is 1.34. The van der Waals surface area contributed by atoms with Gasteiger partial charge in [0.15, 0.2) is 0 Å². The highest BCUT2D eigenvalue weighted by Gasteiger charge is 2.38. The van der Waals surface area contributed by atoms with Gasteiger partial charge in [-0.3, -0.25) is 4.79 Å². The number of hydrogen-bond acceptors (Lipinski definition) is 6. The highest BCUT2D eigenvalue weighted by Crippen LogP contribution is 2.46. The number of nitrogens with zero attached hydrogens (tertiary/aromatic N) is 5. The molecule has 3 aromatic heterocycles. The molecule has 3 aromatic carbocycles. The van der Waals surface area contributed by atoms with Gasteiger partial charge >= 0.3 is 5.97 Å². The zero-order valence-electron chi connectivity index (χ0n) is 35.2. The van der Waals surface area contributed by atoms with Crippen LogP contribution < -0.4 is 9.64 Å². The van der Waals surface area contributed by atoms with Gasteiger partial charge in [0.25, 0.3) is 5.91 Å². The van der Waals surface area contributed by atoms with Crippen molar-refractivity contribution in [1.82, 2.24) is 18.9 Å². The van der Waals surface area contributed by atoms with Crippen LogP contribution in [0.3, 0.4) is 0 Å². The Labute approximate surface area is 351 Å². The molecule has 6 aromatic rings. The van der Waals surface area contributed by atoms with Gasteiger partial charge in [0.2, 0.25) is 0 Å². The topological polar surface area (TPSA) is 92.8 Å². The first kappa shape index (κ1) is 41.6. The number of amides is 1. The highest BCUT2D eigenvalue weighted by molar-refractivity contribution is 6.76. The number of aromatic nitrogens is 4. The number of halogens is 2. The maximum atomic E-state index is 15.2. The van der Waals surface area contributed by atoms with Crippen molar-refractivity contribution < 1.29 is 23.8 Å². The van der Waals surface area contributed by atoms with Gasteiger partial charge in [-0.1, -0.05) is 48.9 Å². The molecule has 13 heteroatoms. The molecule has 1 aliphatic rings. The molecule has 0 aliphatic carbocycles. The Kier molecular flexibility index (Phi) is 11.7. The molecule has 10 nitrogen and oxygen atoms in total. The number of carbonyl (C=O) groups is 2. The van der Waals surface area contributed by atoms with E-state index in [1.165, 1.54) is 7.11 Å². The molecular formula is C45H53Cl2N5O5Si. The summed E-state index contributed by atoms with van der Waals surface area (Å²) < 4.78 is 23.6. The minimum absolute atomic E-state index is 0.118. The molecule has 0 bridgehead atoms. The number of fused-ring (bicyclic) bond motifs is 4. The minimum atomic E-state index is -1.25. The lowest BCUT2D eigenvalue weighted by Crippen LogP contribution is -2.42. The van der Waals surface area contributed by atoms with E-state index in [2.05, 4.69) is 38.1 Å². The van der Waals surface area contributed by atoms with Gasteiger partial charge < -0.3 is 28.2 Å². The average molecular weight is 843 g/mol. The molecule has 0 unspecified atom stereocenters. The van der Waals surface area contributed by atoms with Crippen molar-refractivity contribution in [3.05, 3.63) is 98.0 Å². The summed E-state index contributed by atoms with van der Waals surface area (Å²) in [4.78, 5) is 29.7. The van der Waals surface area contributed by atoms with Crippen LogP contribution in [0.1, 0.15) is 68.3 Å². The Hall–Kier alpha value is -4.55. The van der Waals surface area contributed by atoms with Crippen LogP contribution in [0.15, 0.2) is 48.7 Å². The van der Waals surface area contributed by atoms with Crippen LogP contribution >= 0.6 is 23.2 Å². The number of esters is 1. The van der Waals surface area contributed by atoms with Crippen molar-refractivity contribution in [2.75, 3.05) is 31.8 Å². The molecule has 0 N–H and O–H groups in total. The van der Waals surface area contributed by atoms with Crippen LogP contribution in [0.4, 0.5) is 5.69 Å². The number of ether oxygens (including phenoxy) is 3. The van der Waals surface area contributed by atoms with Crippen molar-refractivity contribution in [2.24, 2.45) is 7.05 Å². The number of carbonyl (C=O) groups excluding carboxylic acids is 2. The molecule has 1 atom stereocenters. The van der Waals surface area contributed by atoms with Crippen LogP contribution in [-0.4, -0.2) is 65.7 Å². The van der Waals surface area contributed by atoms with Crippen LogP contribution in [0.25, 0.3) is 32.9 Å². The van der Waals surface area contributed by atoms with Gasteiger partial charge in [-0.2, -0.15) is 5.10 Å². The van der Waals surface area contributed by atoms with E-state index >= 15 is 4.79 Å². The summed E-state index contributed by atoms with van der Waals surface area (Å²) in [7, 11) is 2.07. The van der Waals surface area contributed by atoms with E-state index in [0.29, 0.717) is 55.6 Å². The van der Waals surface area contributed by atoms with E-state index < -0.39 is 14.0 Å². The molecule has 4 heterocycles. The Morgan fingerprint density at radius 2 is 1.69 bits per heavy atom. The first-order valence-electron chi connectivity index (χ1n) is 19.9. The van der Waals surface area contributed by atoms with E-state index in [4.69, 9.17) is 42.5 Å². The van der Waals surface area contributed by atoms with Crippen molar-refractivity contribution in [3.8, 4) is 16.9 Å². The Morgan fingerprint density at radius 1 is 0.966 bits per heavy atom. The number of aryl methyl sites for hydroxylation is 5. The van der Waals surface area contributed by atoms with Gasteiger partial charge in [-0.25, -0.2) is 9.48 Å². The Morgan fingerprint density at radius 3 is 2.38 bits per heavy atom. The van der Waals surface area contributed by atoms with E-state index in [0.717, 1.165) is 83.5 Å². The molecule has 306 valence electrons. The van der Waals surface area contributed by atoms with Gasteiger partial charge in [-0.05, 0) is 107 Å². The Bertz CT molecular complexity index is 2560. The van der Waals surface area contributed by atoms with Gasteiger partial charge in [0.05, 0.1) is 41.2 Å². The summed E-state index contributed by atoms with van der Waals surface area (Å²) in [5.74, 6) is 0.218. The molecule has 0 radical (unpaired) electrons. The second-order valence-corrected chi connectivity index (χ2v) is 23.3. The van der Waals surface area contributed by atoms with Crippen molar-refractivity contribution in [2.45, 2.75) is 85.9 Å². The molecule has 58 heavy (non-hydrogen) atoms. The lowest BCUT2D eigenvalue weighted by molar-refractivity contribution is 0.0600. The summed E-state index contributed by atoms with van der Waals surface area (Å²) in [6.45, 7) is 19.1. The van der Waals surface area contributed by atoms with Crippen molar-refractivity contribution in [1.29, 1.82) is 0 Å². The third kappa shape index (κ3) is 7.69. The predicted octanol–water partition coefficient (Wildman–Crippen LogP) is 10.9. The monoisotopic (exact) mass is 841 g/mol. The molecular weight excluding hydrogens is 790 g/mol. The first-order chi connectivity index (χ1) is 27.5. The average Bonchev–Trinajstić information content (AvgIpc) is 3.79. The van der Waals surface area contributed by atoms with Crippen LogP contribution in [0, 0.1) is 27.7 Å². The van der Waals surface area contributed by atoms with Crippen LogP contribution in [-0.2, 0) is 29.7 Å². The van der Waals surface area contributed by atoms with E-state index in [-0.39, 0.29) is 11.9 Å². The number of hydrogen-bond donors (Lipinski definition) is 0. The molecule has 1 amide bonds. The molecule has 0 spiro atoms. The standard InChI is InChI=1S/C45H53Cl2N5O5Si/c1-26-20-32(21-27(2)41(26)47)57-17-11-12-33-34-14-15-36(46)40(39-29(4)48-51(30(39)5)25-56-18-19-58(8,9)10)42(34)52-28(3)23-50(44(53)43(33)52)38-24-49(6)37-16-13-31(22-35(37)38)45(54)55-7/h13-16,20-22,24,28H,11-12,17-19,23,25H2,1-10H3/t28-/m1/s1. The second kappa shape index (κ2) is 16.2. The predicted molar refractivity (Wildman–Crippen MR) is 237 cm³/mol. The lowest BCUT2D eigenvalue weighted by atomic mass is 9.98. The maximum absolute atomic E-state index is 15.2. The second-order valence-electron chi connectivity index (χ2n) is 16.8. The smallest absolute Gasteiger partial charge is 0.337 e. The van der Waals surface area contributed by atoms with Crippen LogP contribution in [0.2, 0.25) is 35.7 Å². The van der Waals surface area contributed by atoms with Crippen molar-refractivity contribution in [3.63, 3.8) is 0 Å². The summed E-state index contributed by atoms with van der Waals surface area (Å²) in [5.41, 5.74) is 10.1.